The van der Waals surface area contributed by atoms with Gasteiger partial charge in [-0.2, -0.15) is 0 Å². The molecule has 0 saturated carbocycles. The summed E-state index contributed by atoms with van der Waals surface area (Å²) in [4.78, 5) is 52.5. The average Bonchev–Trinajstić information content (AvgIpc) is 2.73. The van der Waals surface area contributed by atoms with Gasteiger partial charge in [-0.15, -0.1) is 0 Å². The van der Waals surface area contributed by atoms with E-state index in [0.29, 0.717) is 10.9 Å². The van der Waals surface area contributed by atoms with Gasteiger partial charge in [-0.05, 0) is 30.2 Å². The second kappa shape index (κ2) is 9.21. The summed E-state index contributed by atoms with van der Waals surface area (Å²) in [6.07, 6.45) is 0.804. The summed E-state index contributed by atoms with van der Waals surface area (Å²) >= 11 is 0. The standard InChI is InChI=1S/C22H24N4O4/c1-3-15-8-4-6-10-17(15)23-19(27)14-25(2)20(28)12-13-26-18-11-7-5-9-16(18)21(29)24-22(26)30/h4-11H,3,12-14H2,1-2H3,(H,23,27)(H,24,29,30). The predicted octanol–water partition coefficient (Wildman–Crippen LogP) is 1.74. The third kappa shape index (κ3) is 4.65. The number of amides is 2. The predicted molar refractivity (Wildman–Crippen MR) is 116 cm³/mol. The van der Waals surface area contributed by atoms with E-state index < -0.39 is 11.2 Å². The normalized spacial score (nSPS) is 10.7. The number of aromatic amines is 1. The lowest BCUT2D eigenvalue weighted by Gasteiger charge is -2.18. The highest BCUT2D eigenvalue weighted by molar-refractivity contribution is 5.95. The Morgan fingerprint density at radius 2 is 1.77 bits per heavy atom. The molecule has 0 bridgehead atoms. The Kier molecular flexibility index (Phi) is 6.46. The van der Waals surface area contributed by atoms with Crippen molar-refractivity contribution in [2.75, 3.05) is 18.9 Å². The maximum Gasteiger partial charge on any atom is 0.328 e. The van der Waals surface area contributed by atoms with Crippen LogP contribution in [0.5, 0.6) is 0 Å². The van der Waals surface area contributed by atoms with Gasteiger partial charge < -0.3 is 10.2 Å². The number of hydrogen-bond acceptors (Lipinski definition) is 4. The Bertz CT molecular complexity index is 1200. The molecule has 0 aliphatic heterocycles. The van der Waals surface area contributed by atoms with Crippen LogP contribution in [-0.2, 0) is 22.6 Å². The molecule has 2 N–H and O–H groups in total. The summed E-state index contributed by atoms with van der Waals surface area (Å²) in [7, 11) is 1.54. The van der Waals surface area contributed by atoms with Crippen LogP contribution in [0, 0.1) is 0 Å². The molecule has 3 aromatic rings. The van der Waals surface area contributed by atoms with E-state index >= 15 is 0 Å². The SMILES string of the molecule is CCc1ccccc1NC(=O)CN(C)C(=O)CCn1c(=O)[nH]c(=O)c2ccccc21. The molecule has 8 nitrogen and oxygen atoms in total. The van der Waals surface area contributed by atoms with Gasteiger partial charge in [0.05, 0.1) is 17.4 Å². The van der Waals surface area contributed by atoms with E-state index in [4.69, 9.17) is 0 Å². The molecule has 0 saturated heterocycles. The lowest BCUT2D eigenvalue weighted by Crippen LogP contribution is -2.36. The van der Waals surface area contributed by atoms with Crippen molar-refractivity contribution in [3.8, 4) is 0 Å². The highest BCUT2D eigenvalue weighted by Gasteiger charge is 2.15. The van der Waals surface area contributed by atoms with Gasteiger partial charge in [0.1, 0.15) is 0 Å². The molecular formula is C22H24N4O4. The molecule has 0 spiro atoms. The molecule has 1 aromatic heterocycles. The first-order chi connectivity index (χ1) is 14.4. The molecule has 0 fully saturated rings. The van der Waals surface area contributed by atoms with Crippen LogP contribution in [-0.4, -0.2) is 39.9 Å². The van der Waals surface area contributed by atoms with Crippen LogP contribution < -0.4 is 16.6 Å². The van der Waals surface area contributed by atoms with E-state index in [9.17, 15) is 19.2 Å². The maximum absolute atomic E-state index is 12.5. The van der Waals surface area contributed by atoms with E-state index in [1.165, 1.54) is 9.47 Å². The fraction of sp³-hybridized carbons (Fsp3) is 0.273. The summed E-state index contributed by atoms with van der Waals surface area (Å²) in [6.45, 7) is 2.00. The van der Waals surface area contributed by atoms with Crippen LogP contribution >= 0.6 is 0 Å². The highest BCUT2D eigenvalue weighted by Crippen LogP contribution is 2.15. The van der Waals surface area contributed by atoms with E-state index in [0.717, 1.165) is 17.7 Å². The molecule has 2 aromatic carbocycles. The van der Waals surface area contributed by atoms with Crippen LogP contribution in [0.1, 0.15) is 18.9 Å². The average molecular weight is 408 g/mol. The number of hydrogen-bond donors (Lipinski definition) is 2. The largest absolute Gasteiger partial charge is 0.336 e. The zero-order chi connectivity index (χ0) is 21.7. The molecule has 3 rings (SSSR count). The Labute approximate surface area is 173 Å². The smallest absolute Gasteiger partial charge is 0.328 e. The molecule has 0 aliphatic rings. The van der Waals surface area contributed by atoms with Crippen molar-refractivity contribution in [2.24, 2.45) is 0 Å². The molecule has 2 amide bonds. The summed E-state index contributed by atoms with van der Waals surface area (Å²) in [6, 6.07) is 14.2. The Morgan fingerprint density at radius 3 is 2.53 bits per heavy atom. The number of carbonyl (C=O) groups excluding carboxylic acids is 2. The first-order valence-electron chi connectivity index (χ1n) is 9.74. The number of nitrogens with zero attached hydrogens (tertiary/aromatic N) is 2. The minimum Gasteiger partial charge on any atom is -0.336 e. The molecule has 30 heavy (non-hydrogen) atoms. The second-order valence-electron chi connectivity index (χ2n) is 6.99. The molecule has 0 atom stereocenters. The van der Waals surface area contributed by atoms with Crippen molar-refractivity contribution in [1.82, 2.24) is 14.5 Å². The minimum atomic E-state index is -0.567. The van der Waals surface area contributed by atoms with E-state index in [1.807, 2.05) is 31.2 Å². The topological polar surface area (TPSA) is 104 Å². The van der Waals surface area contributed by atoms with Gasteiger partial charge in [-0.3, -0.25) is 23.9 Å². The lowest BCUT2D eigenvalue weighted by molar-refractivity contribution is -0.133. The quantitative estimate of drug-likeness (QED) is 0.621. The second-order valence-corrected chi connectivity index (χ2v) is 6.99. The number of aryl methyl sites for hydroxylation is 2. The van der Waals surface area contributed by atoms with E-state index in [2.05, 4.69) is 10.3 Å². The summed E-state index contributed by atoms with van der Waals surface area (Å²) < 4.78 is 1.36. The molecule has 0 aliphatic carbocycles. The zero-order valence-electron chi connectivity index (χ0n) is 17.0. The maximum atomic E-state index is 12.5. The van der Waals surface area contributed by atoms with Gasteiger partial charge in [0.25, 0.3) is 5.56 Å². The number of H-pyrrole nitrogens is 1. The molecule has 0 radical (unpaired) electrons. The molecule has 8 heteroatoms. The zero-order valence-corrected chi connectivity index (χ0v) is 17.0. The van der Waals surface area contributed by atoms with Crippen molar-refractivity contribution in [1.29, 1.82) is 0 Å². The van der Waals surface area contributed by atoms with Crippen molar-refractivity contribution in [2.45, 2.75) is 26.3 Å². The van der Waals surface area contributed by atoms with Gasteiger partial charge in [0, 0.05) is 25.7 Å². The van der Waals surface area contributed by atoms with Gasteiger partial charge in [-0.1, -0.05) is 37.3 Å². The first kappa shape index (κ1) is 21.0. The van der Waals surface area contributed by atoms with Crippen molar-refractivity contribution in [3.63, 3.8) is 0 Å². The summed E-state index contributed by atoms with van der Waals surface area (Å²) in [5.74, 6) is -0.575. The molecule has 1 heterocycles. The van der Waals surface area contributed by atoms with Gasteiger partial charge >= 0.3 is 5.69 Å². The number of para-hydroxylation sites is 2. The van der Waals surface area contributed by atoms with E-state index in [1.54, 1.807) is 31.3 Å². The van der Waals surface area contributed by atoms with Crippen LogP contribution in [0.4, 0.5) is 5.69 Å². The van der Waals surface area contributed by atoms with E-state index in [-0.39, 0.29) is 31.3 Å². The fourth-order valence-corrected chi connectivity index (χ4v) is 3.31. The fourth-order valence-electron chi connectivity index (χ4n) is 3.31. The van der Waals surface area contributed by atoms with Crippen molar-refractivity contribution in [3.05, 3.63) is 74.9 Å². The van der Waals surface area contributed by atoms with Crippen molar-refractivity contribution < 1.29 is 9.59 Å². The Balaban J connectivity index is 1.64. The summed E-state index contributed by atoms with van der Waals surface area (Å²) in [5.41, 5.74) is 1.19. The number of aromatic nitrogens is 2. The van der Waals surface area contributed by atoms with Crippen LogP contribution in [0.3, 0.4) is 0 Å². The van der Waals surface area contributed by atoms with Gasteiger partial charge in [0.2, 0.25) is 11.8 Å². The Hall–Kier alpha value is -3.68. The molecule has 0 unspecified atom stereocenters. The van der Waals surface area contributed by atoms with Gasteiger partial charge in [-0.25, -0.2) is 4.79 Å². The number of fused-ring (bicyclic) bond motifs is 1. The number of benzene rings is 2. The highest BCUT2D eigenvalue weighted by atomic mass is 16.2. The van der Waals surface area contributed by atoms with Gasteiger partial charge in [0.15, 0.2) is 0 Å². The first-order valence-corrected chi connectivity index (χ1v) is 9.74. The van der Waals surface area contributed by atoms with Crippen LogP contribution in [0.15, 0.2) is 58.1 Å². The number of nitrogens with one attached hydrogen (secondary N) is 2. The number of rotatable bonds is 7. The number of likely N-dealkylation sites (N-methyl/N-ethyl adjacent to an activating group) is 1. The van der Waals surface area contributed by atoms with Crippen LogP contribution in [0.25, 0.3) is 10.9 Å². The number of anilines is 1. The molecule has 156 valence electrons. The third-order valence-electron chi connectivity index (χ3n) is 4.93. The van der Waals surface area contributed by atoms with Crippen molar-refractivity contribution >= 4 is 28.4 Å². The lowest BCUT2D eigenvalue weighted by atomic mass is 10.1. The third-order valence-corrected chi connectivity index (χ3v) is 4.93. The monoisotopic (exact) mass is 408 g/mol. The summed E-state index contributed by atoms with van der Waals surface area (Å²) in [5, 5.41) is 3.21. The minimum absolute atomic E-state index is 0.0191. The Morgan fingerprint density at radius 1 is 1.07 bits per heavy atom. The van der Waals surface area contributed by atoms with Crippen LogP contribution in [0.2, 0.25) is 0 Å². The molecular weight excluding hydrogens is 384 g/mol. The number of carbonyl (C=O) groups is 2.